The molecule has 0 heterocycles. The van der Waals surface area contributed by atoms with Crippen molar-refractivity contribution < 1.29 is 4.39 Å². The molecule has 0 aliphatic rings. The molecule has 0 aromatic heterocycles. The maximum absolute atomic E-state index is 12.0. The fourth-order valence-corrected chi connectivity index (χ4v) is 1.62. The number of rotatable bonds is 3. The number of hydrogen-bond acceptors (Lipinski definition) is 1. The van der Waals surface area contributed by atoms with Gasteiger partial charge in [0.05, 0.1) is 6.67 Å². The summed E-state index contributed by atoms with van der Waals surface area (Å²) in [4.78, 5) is 0. The molecule has 0 unspecified atom stereocenters. The van der Waals surface area contributed by atoms with Gasteiger partial charge in [0.1, 0.15) is 0 Å². The molecule has 1 aromatic rings. The zero-order valence-corrected chi connectivity index (χ0v) is 8.45. The second-order valence-corrected chi connectivity index (χ2v) is 3.66. The first-order valence-electron chi connectivity index (χ1n) is 3.91. The number of halogens is 3. The lowest BCUT2D eigenvalue weighted by atomic mass is 10.1. The average molecular weight is 222 g/mol. The summed E-state index contributed by atoms with van der Waals surface area (Å²) < 4.78 is 12.0. The maximum atomic E-state index is 12.0. The molecular weight excluding hydrogens is 212 g/mol. The quantitative estimate of drug-likeness (QED) is 0.833. The van der Waals surface area contributed by atoms with Gasteiger partial charge in [-0.25, -0.2) is 0 Å². The zero-order chi connectivity index (χ0) is 9.84. The first-order valence-corrected chi connectivity index (χ1v) is 4.66. The van der Waals surface area contributed by atoms with E-state index in [9.17, 15) is 4.39 Å². The Hall–Kier alpha value is -0.310. The summed E-state index contributed by atoms with van der Waals surface area (Å²) in [5.74, 6) is 0. The van der Waals surface area contributed by atoms with Gasteiger partial charge in [0.25, 0.3) is 0 Å². The molecule has 0 spiro atoms. The summed E-state index contributed by atoms with van der Waals surface area (Å²) >= 11 is 11.5. The normalized spacial score (nSPS) is 12.9. The molecule has 0 amide bonds. The van der Waals surface area contributed by atoms with Gasteiger partial charge in [-0.05, 0) is 30.2 Å². The van der Waals surface area contributed by atoms with Crippen LogP contribution in [0.2, 0.25) is 10.0 Å². The molecule has 0 aliphatic carbocycles. The fourth-order valence-electron chi connectivity index (χ4n) is 1.07. The molecule has 72 valence electrons. The number of nitrogens with two attached hydrogens (primary N) is 1. The second-order valence-electron chi connectivity index (χ2n) is 2.79. The lowest BCUT2D eigenvalue weighted by Gasteiger charge is -2.10. The van der Waals surface area contributed by atoms with E-state index in [1.54, 1.807) is 18.2 Å². The molecule has 4 heteroatoms. The topological polar surface area (TPSA) is 26.0 Å². The van der Waals surface area contributed by atoms with Crippen molar-refractivity contribution in [3.63, 3.8) is 0 Å². The fraction of sp³-hybridized carbons (Fsp3) is 0.333. The largest absolute Gasteiger partial charge is 0.324 e. The molecule has 0 saturated carbocycles. The molecule has 0 radical (unpaired) electrons. The predicted molar refractivity (Wildman–Crippen MR) is 54.0 cm³/mol. The van der Waals surface area contributed by atoms with E-state index < -0.39 is 6.67 Å². The standard InChI is InChI=1S/C9H10Cl2FN/c10-7-3-6(4-8(11)5-7)9(13)1-2-12/h3-5,9H,1-2,13H2/t9-/m0/s1. The monoisotopic (exact) mass is 221 g/mol. The van der Waals surface area contributed by atoms with Crippen LogP contribution in [0.15, 0.2) is 18.2 Å². The van der Waals surface area contributed by atoms with Gasteiger partial charge < -0.3 is 5.73 Å². The Bertz CT molecular complexity index is 271. The molecule has 1 aromatic carbocycles. The van der Waals surface area contributed by atoms with Crippen LogP contribution in [0.5, 0.6) is 0 Å². The van der Waals surface area contributed by atoms with E-state index in [1.165, 1.54) is 0 Å². The van der Waals surface area contributed by atoms with Gasteiger partial charge in [-0.3, -0.25) is 4.39 Å². The van der Waals surface area contributed by atoms with Gasteiger partial charge in [-0.1, -0.05) is 23.2 Å². The lowest BCUT2D eigenvalue weighted by molar-refractivity contribution is 0.442. The molecule has 0 fully saturated rings. The van der Waals surface area contributed by atoms with Crippen molar-refractivity contribution in [2.24, 2.45) is 5.73 Å². The smallest absolute Gasteiger partial charge is 0.0912 e. The lowest BCUT2D eigenvalue weighted by Crippen LogP contribution is -2.10. The molecule has 2 N–H and O–H groups in total. The first kappa shape index (κ1) is 10.8. The highest BCUT2D eigenvalue weighted by Crippen LogP contribution is 2.23. The first-order chi connectivity index (χ1) is 6.13. The van der Waals surface area contributed by atoms with Crippen molar-refractivity contribution in [2.75, 3.05) is 6.67 Å². The maximum Gasteiger partial charge on any atom is 0.0912 e. The number of benzene rings is 1. The molecule has 0 aliphatic heterocycles. The average Bonchev–Trinajstić information content (AvgIpc) is 2.03. The van der Waals surface area contributed by atoms with Crippen LogP contribution in [0.25, 0.3) is 0 Å². The third-order valence-corrected chi connectivity index (χ3v) is 2.17. The Morgan fingerprint density at radius 3 is 2.23 bits per heavy atom. The van der Waals surface area contributed by atoms with Crippen molar-refractivity contribution in [1.29, 1.82) is 0 Å². The van der Waals surface area contributed by atoms with E-state index in [1.807, 2.05) is 0 Å². The molecular formula is C9H10Cl2FN. The molecule has 1 rings (SSSR count). The van der Waals surface area contributed by atoms with E-state index in [-0.39, 0.29) is 12.5 Å². The van der Waals surface area contributed by atoms with Crippen LogP contribution in [0.4, 0.5) is 4.39 Å². The van der Waals surface area contributed by atoms with Crippen molar-refractivity contribution in [3.8, 4) is 0 Å². The van der Waals surface area contributed by atoms with Gasteiger partial charge >= 0.3 is 0 Å². The summed E-state index contributed by atoms with van der Waals surface area (Å²) in [5, 5.41) is 1.05. The van der Waals surface area contributed by atoms with Gasteiger partial charge in [-0.2, -0.15) is 0 Å². The molecule has 1 nitrogen and oxygen atoms in total. The number of hydrogen-bond donors (Lipinski definition) is 1. The van der Waals surface area contributed by atoms with Gasteiger partial charge in [0.2, 0.25) is 0 Å². The van der Waals surface area contributed by atoms with E-state index in [4.69, 9.17) is 28.9 Å². The summed E-state index contributed by atoms with van der Waals surface area (Å²) in [6.45, 7) is -0.439. The predicted octanol–water partition coefficient (Wildman–Crippen LogP) is 3.35. The minimum Gasteiger partial charge on any atom is -0.324 e. The van der Waals surface area contributed by atoms with Crippen LogP contribution in [-0.2, 0) is 0 Å². The van der Waals surface area contributed by atoms with Crippen LogP contribution < -0.4 is 5.73 Å². The summed E-state index contributed by atoms with van der Waals surface area (Å²) in [6, 6.07) is 4.69. The van der Waals surface area contributed by atoms with Crippen molar-refractivity contribution in [1.82, 2.24) is 0 Å². The van der Waals surface area contributed by atoms with Crippen molar-refractivity contribution in [3.05, 3.63) is 33.8 Å². The van der Waals surface area contributed by atoms with Gasteiger partial charge in [0, 0.05) is 16.1 Å². The van der Waals surface area contributed by atoms with Crippen LogP contribution in [0, 0.1) is 0 Å². The Balaban J connectivity index is 2.87. The van der Waals surface area contributed by atoms with Crippen molar-refractivity contribution in [2.45, 2.75) is 12.5 Å². The minimum absolute atomic E-state index is 0.288. The molecule has 0 bridgehead atoms. The third-order valence-electron chi connectivity index (χ3n) is 1.73. The SMILES string of the molecule is N[C@@H](CCF)c1cc(Cl)cc(Cl)c1. The van der Waals surface area contributed by atoms with Crippen molar-refractivity contribution >= 4 is 23.2 Å². The Morgan fingerprint density at radius 2 is 1.77 bits per heavy atom. The van der Waals surface area contributed by atoms with E-state index >= 15 is 0 Å². The molecule has 13 heavy (non-hydrogen) atoms. The van der Waals surface area contributed by atoms with Gasteiger partial charge in [0.15, 0.2) is 0 Å². The Morgan fingerprint density at radius 1 is 1.23 bits per heavy atom. The van der Waals surface area contributed by atoms with E-state index in [0.29, 0.717) is 10.0 Å². The van der Waals surface area contributed by atoms with E-state index in [0.717, 1.165) is 5.56 Å². The zero-order valence-electron chi connectivity index (χ0n) is 6.93. The van der Waals surface area contributed by atoms with Crippen LogP contribution in [0.3, 0.4) is 0 Å². The highest BCUT2D eigenvalue weighted by atomic mass is 35.5. The van der Waals surface area contributed by atoms with Crippen LogP contribution >= 0.6 is 23.2 Å². The second kappa shape index (κ2) is 4.80. The molecule has 0 saturated heterocycles. The minimum atomic E-state index is -0.439. The summed E-state index contributed by atoms with van der Waals surface area (Å²) in [5.41, 5.74) is 6.46. The van der Waals surface area contributed by atoms with Gasteiger partial charge in [-0.15, -0.1) is 0 Å². The van der Waals surface area contributed by atoms with Crippen LogP contribution in [0.1, 0.15) is 18.0 Å². The third kappa shape index (κ3) is 3.14. The summed E-state index contributed by atoms with van der Waals surface area (Å²) in [7, 11) is 0. The highest BCUT2D eigenvalue weighted by molar-refractivity contribution is 6.34. The van der Waals surface area contributed by atoms with Crippen LogP contribution in [-0.4, -0.2) is 6.67 Å². The Kier molecular flexibility index (Phi) is 3.97. The number of alkyl halides is 1. The highest BCUT2D eigenvalue weighted by Gasteiger charge is 2.07. The summed E-state index contributed by atoms with van der Waals surface area (Å²) in [6.07, 6.45) is 0.288. The Labute approximate surface area is 86.6 Å². The van der Waals surface area contributed by atoms with E-state index in [2.05, 4.69) is 0 Å². The molecule has 1 atom stereocenters.